The minimum atomic E-state index is -0.0781. The van der Waals surface area contributed by atoms with E-state index in [1.54, 1.807) is 0 Å². The molecule has 1 fully saturated rings. The molecule has 0 aromatic heterocycles. The molecule has 23 heavy (non-hydrogen) atoms. The summed E-state index contributed by atoms with van der Waals surface area (Å²) in [7, 11) is 0. The van der Waals surface area contributed by atoms with E-state index in [2.05, 4.69) is 11.4 Å². The Balaban J connectivity index is 1.48. The van der Waals surface area contributed by atoms with Crippen LogP contribution in [0.1, 0.15) is 25.7 Å². The van der Waals surface area contributed by atoms with Crippen LogP contribution in [0.3, 0.4) is 0 Å². The van der Waals surface area contributed by atoms with Crippen molar-refractivity contribution in [1.82, 2.24) is 5.32 Å². The van der Waals surface area contributed by atoms with Crippen molar-refractivity contribution in [3.8, 4) is 5.75 Å². The number of ether oxygens (including phenoxy) is 1. The lowest BCUT2D eigenvalue weighted by Crippen LogP contribution is -2.40. The maximum absolute atomic E-state index is 12.0. The van der Waals surface area contributed by atoms with E-state index in [0.29, 0.717) is 11.7 Å². The third kappa shape index (κ3) is 4.23. The fourth-order valence-corrected chi connectivity index (χ4v) is 3.16. The average molecular weight is 313 g/mol. The first-order valence-corrected chi connectivity index (χ1v) is 8.26. The minimum Gasteiger partial charge on any atom is -0.484 e. The van der Waals surface area contributed by atoms with Crippen LogP contribution in [-0.4, -0.2) is 30.3 Å². The quantitative estimate of drug-likeness (QED) is 0.892. The van der Waals surface area contributed by atoms with Crippen LogP contribution in [0, 0.1) is 5.92 Å². The zero-order valence-corrected chi connectivity index (χ0v) is 13.2. The van der Waals surface area contributed by atoms with Gasteiger partial charge in [-0.3, -0.25) is 4.79 Å². The van der Waals surface area contributed by atoms with E-state index in [-0.39, 0.29) is 25.2 Å². The molecule has 3 rings (SSSR count). The van der Waals surface area contributed by atoms with Crippen LogP contribution in [0.25, 0.3) is 10.8 Å². The number of amides is 1. The Morgan fingerprint density at radius 3 is 2.57 bits per heavy atom. The Hall–Kier alpha value is -2.07. The molecule has 2 aromatic rings. The number of fused-ring (bicyclic) bond motifs is 1. The molecule has 0 unspecified atom stereocenters. The van der Waals surface area contributed by atoms with E-state index in [0.717, 1.165) is 36.5 Å². The summed E-state index contributed by atoms with van der Waals surface area (Å²) in [5, 5.41) is 14.4. The smallest absolute Gasteiger partial charge is 0.258 e. The van der Waals surface area contributed by atoms with Gasteiger partial charge in [0.1, 0.15) is 5.75 Å². The second-order valence-corrected chi connectivity index (χ2v) is 6.27. The van der Waals surface area contributed by atoms with Gasteiger partial charge in [0.25, 0.3) is 5.91 Å². The van der Waals surface area contributed by atoms with Crippen molar-refractivity contribution in [2.45, 2.75) is 31.7 Å². The van der Waals surface area contributed by atoms with Gasteiger partial charge in [0.15, 0.2) is 6.61 Å². The van der Waals surface area contributed by atoms with E-state index in [9.17, 15) is 4.79 Å². The van der Waals surface area contributed by atoms with Gasteiger partial charge in [0.05, 0.1) is 0 Å². The van der Waals surface area contributed by atoms with Crippen molar-refractivity contribution < 1.29 is 14.6 Å². The highest BCUT2D eigenvalue weighted by Crippen LogP contribution is 2.24. The lowest BCUT2D eigenvalue weighted by atomic mass is 9.86. The van der Waals surface area contributed by atoms with Crippen molar-refractivity contribution in [2.24, 2.45) is 5.92 Å². The van der Waals surface area contributed by atoms with E-state index in [1.165, 1.54) is 0 Å². The summed E-state index contributed by atoms with van der Waals surface area (Å²) in [5.41, 5.74) is 0. The van der Waals surface area contributed by atoms with Gasteiger partial charge >= 0.3 is 0 Å². The molecule has 1 amide bonds. The first-order chi connectivity index (χ1) is 11.2. The molecule has 122 valence electrons. The molecule has 4 nitrogen and oxygen atoms in total. The summed E-state index contributed by atoms with van der Waals surface area (Å²) in [5.74, 6) is 1.03. The van der Waals surface area contributed by atoms with E-state index >= 15 is 0 Å². The third-order valence-electron chi connectivity index (χ3n) is 4.56. The molecule has 4 heteroatoms. The van der Waals surface area contributed by atoms with Crippen LogP contribution in [0.4, 0.5) is 0 Å². The molecule has 0 heterocycles. The number of carbonyl (C=O) groups is 1. The molecule has 0 bridgehead atoms. The zero-order valence-electron chi connectivity index (χ0n) is 13.2. The number of hydrogen-bond donors (Lipinski definition) is 2. The lowest BCUT2D eigenvalue weighted by molar-refractivity contribution is -0.124. The Kier molecular flexibility index (Phi) is 5.13. The molecule has 1 aliphatic carbocycles. The highest BCUT2D eigenvalue weighted by atomic mass is 16.5. The average Bonchev–Trinajstić information content (AvgIpc) is 2.60. The van der Waals surface area contributed by atoms with Crippen LogP contribution in [-0.2, 0) is 4.79 Å². The van der Waals surface area contributed by atoms with Crippen molar-refractivity contribution in [3.05, 3.63) is 42.5 Å². The Morgan fingerprint density at radius 2 is 1.83 bits per heavy atom. The molecule has 1 aliphatic rings. The molecular weight excluding hydrogens is 290 g/mol. The first-order valence-electron chi connectivity index (χ1n) is 8.26. The van der Waals surface area contributed by atoms with Crippen LogP contribution >= 0.6 is 0 Å². The second-order valence-electron chi connectivity index (χ2n) is 6.27. The molecule has 2 N–H and O–H groups in total. The summed E-state index contributed by atoms with van der Waals surface area (Å²) in [4.78, 5) is 12.0. The number of carbonyl (C=O) groups excluding carboxylic acids is 1. The Morgan fingerprint density at radius 1 is 1.09 bits per heavy atom. The normalized spacial score (nSPS) is 21.1. The number of hydrogen-bond acceptors (Lipinski definition) is 3. The van der Waals surface area contributed by atoms with E-state index in [4.69, 9.17) is 9.84 Å². The van der Waals surface area contributed by atoms with Gasteiger partial charge in [0, 0.05) is 12.6 Å². The monoisotopic (exact) mass is 313 g/mol. The van der Waals surface area contributed by atoms with Gasteiger partial charge in [-0.15, -0.1) is 0 Å². The van der Waals surface area contributed by atoms with Gasteiger partial charge in [-0.05, 0) is 54.5 Å². The van der Waals surface area contributed by atoms with Crippen molar-refractivity contribution >= 4 is 16.7 Å². The van der Waals surface area contributed by atoms with Gasteiger partial charge < -0.3 is 15.2 Å². The summed E-state index contributed by atoms with van der Waals surface area (Å²) in [6.07, 6.45) is 3.83. The van der Waals surface area contributed by atoms with Crippen molar-refractivity contribution in [2.75, 3.05) is 13.2 Å². The third-order valence-corrected chi connectivity index (χ3v) is 4.56. The summed E-state index contributed by atoms with van der Waals surface area (Å²) < 4.78 is 5.61. The van der Waals surface area contributed by atoms with Gasteiger partial charge in [-0.25, -0.2) is 0 Å². The molecule has 0 aliphatic heterocycles. The highest BCUT2D eigenvalue weighted by molar-refractivity contribution is 5.84. The molecule has 1 saturated carbocycles. The Bertz CT molecular complexity index is 662. The van der Waals surface area contributed by atoms with Crippen LogP contribution in [0.2, 0.25) is 0 Å². The van der Waals surface area contributed by atoms with Gasteiger partial charge in [-0.1, -0.05) is 30.3 Å². The number of aliphatic hydroxyl groups is 1. The Labute approximate surface area is 136 Å². The van der Waals surface area contributed by atoms with Crippen LogP contribution in [0.5, 0.6) is 5.75 Å². The maximum Gasteiger partial charge on any atom is 0.258 e. The second kappa shape index (κ2) is 7.47. The number of rotatable bonds is 5. The van der Waals surface area contributed by atoms with Crippen LogP contribution in [0.15, 0.2) is 42.5 Å². The summed E-state index contributed by atoms with van der Waals surface area (Å²) >= 11 is 0. The topological polar surface area (TPSA) is 58.6 Å². The van der Waals surface area contributed by atoms with Crippen molar-refractivity contribution in [3.63, 3.8) is 0 Å². The van der Waals surface area contributed by atoms with Crippen LogP contribution < -0.4 is 10.1 Å². The molecule has 0 saturated heterocycles. The molecule has 2 aromatic carbocycles. The minimum absolute atomic E-state index is 0.0399. The molecule has 0 radical (unpaired) electrons. The first kappa shape index (κ1) is 15.8. The number of aliphatic hydroxyl groups excluding tert-OH is 1. The number of nitrogens with one attached hydrogen (secondary N) is 1. The summed E-state index contributed by atoms with van der Waals surface area (Å²) in [6, 6.07) is 14.1. The van der Waals surface area contributed by atoms with Crippen molar-refractivity contribution in [1.29, 1.82) is 0 Å². The summed E-state index contributed by atoms with van der Waals surface area (Å²) in [6.45, 7) is 0.296. The van der Waals surface area contributed by atoms with E-state index < -0.39 is 0 Å². The lowest BCUT2D eigenvalue weighted by Gasteiger charge is -2.27. The molecule has 0 atom stereocenters. The predicted molar refractivity (Wildman–Crippen MR) is 90.4 cm³/mol. The number of benzene rings is 2. The fraction of sp³-hybridized carbons (Fsp3) is 0.421. The molecular formula is C19H23NO3. The highest BCUT2D eigenvalue weighted by Gasteiger charge is 2.21. The van der Waals surface area contributed by atoms with Gasteiger partial charge in [0.2, 0.25) is 0 Å². The van der Waals surface area contributed by atoms with E-state index in [1.807, 2.05) is 36.4 Å². The van der Waals surface area contributed by atoms with Gasteiger partial charge in [-0.2, -0.15) is 0 Å². The SMILES string of the molecule is O=C(COc1ccc2ccccc2c1)NC1CCC(CO)CC1. The zero-order chi connectivity index (χ0) is 16.1. The predicted octanol–water partition coefficient (Wildman–Crippen LogP) is 2.89. The molecule has 0 spiro atoms. The fourth-order valence-electron chi connectivity index (χ4n) is 3.16. The standard InChI is InChI=1S/C19H23NO3/c21-12-14-5-8-17(9-6-14)20-19(22)13-23-18-10-7-15-3-1-2-4-16(15)11-18/h1-4,7,10-11,14,17,21H,5-6,8-9,12-13H2,(H,20,22). The maximum atomic E-state index is 12.0. The largest absolute Gasteiger partial charge is 0.484 e.